The van der Waals surface area contributed by atoms with Gasteiger partial charge >= 0.3 is 5.69 Å². The molecule has 2 aromatic heterocycles. The number of pyridine rings is 1. The highest BCUT2D eigenvalue weighted by molar-refractivity contribution is 5.72. The summed E-state index contributed by atoms with van der Waals surface area (Å²) < 4.78 is 6.42. The Labute approximate surface area is 234 Å². The fourth-order valence-corrected chi connectivity index (χ4v) is 4.88. The highest BCUT2D eigenvalue weighted by Crippen LogP contribution is 2.36. The summed E-state index contributed by atoms with van der Waals surface area (Å²) in [6.07, 6.45) is 8.63. The summed E-state index contributed by atoms with van der Waals surface area (Å²) in [7, 11) is 0. The minimum absolute atomic E-state index is 0.166. The summed E-state index contributed by atoms with van der Waals surface area (Å²) in [5.41, 5.74) is 8.80. The smallest absolute Gasteiger partial charge is 0.329 e. The molecule has 0 aliphatic heterocycles. The van der Waals surface area contributed by atoms with Gasteiger partial charge in [0, 0.05) is 55.3 Å². The lowest BCUT2D eigenvalue weighted by molar-refractivity contribution is -0.384. The van der Waals surface area contributed by atoms with Crippen LogP contribution in [0.2, 0.25) is 0 Å². The average Bonchev–Trinajstić information content (AvgIpc) is 2.95. The lowest BCUT2D eigenvalue weighted by atomic mass is 9.82. The number of hydrogen-bond donors (Lipinski definition) is 4. The predicted molar refractivity (Wildman–Crippen MR) is 155 cm³/mol. The predicted octanol–water partition coefficient (Wildman–Crippen LogP) is 4.91. The fraction of sp³-hybridized carbons (Fsp3) is 0.483. The van der Waals surface area contributed by atoms with Crippen LogP contribution in [-0.2, 0) is 13.1 Å². The molecule has 1 fully saturated rings. The minimum atomic E-state index is -0.475. The van der Waals surface area contributed by atoms with Crippen LogP contribution in [0.1, 0.15) is 57.6 Å². The second-order valence-electron chi connectivity index (χ2n) is 11.3. The molecule has 0 amide bonds. The maximum atomic E-state index is 11.6. The van der Waals surface area contributed by atoms with Gasteiger partial charge in [0.15, 0.2) is 0 Å². The van der Waals surface area contributed by atoms with Crippen molar-refractivity contribution in [3.8, 4) is 16.9 Å². The lowest BCUT2D eigenvalue weighted by Gasteiger charge is -2.27. The Kier molecular flexibility index (Phi) is 9.49. The van der Waals surface area contributed by atoms with E-state index in [4.69, 9.17) is 10.5 Å². The highest BCUT2D eigenvalue weighted by atomic mass is 16.6. The van der Waals surface area contributed by atoms with Crippen LogP contribution in [0.5, 0.6) is 5.75 Å². The Morgan fingerprint density at radius 3 is 2.55 bits per heavy atom. The van der Waals surface area contributed by atoms with E-state index in [1.54, 1.807) is 12.4 Å². The van der Waals surface area contributed by atoms with Crippen molar-refractivity contribution in [3.05, 3.63) is 64.1 Å². The third kappa shape index (κ3) is 7.64. The molecule has 3 aromatic rings. The molecule has 0 spiro atoms. The van der Waals surface area contributed by atoms with Crippen LogP contribution in [0.4, 0.5) is 17.5 Å². The molecule has 0 bridgehead atoms. The van der Waals surface area contributed by atoms with Gasteiger partial charge in [0.1, 0.15) is 17.5 Å². The van der Waals surface area contributed by atoms with Crippen molar-refractivity contribution in [2.24, 2.45) is 17.6 Å². The molecular weight excluding hydrogens is 510 g/mol. The molecule has 1 saturated carbocycles. The molecule has 2 heterocycles. The first-order valence-electron chi connectivity index (χ1n) is 13.7. The molecule has 5 N–H and O–H groups in total. The molecule has 0 unspecified atom stereocenters. The second-order valence-corrected chi connectivity index (χ2v) is 11.3. The molecule has 4 rings (SSSR count). The number of nitro groups is 1. The third-order valence-corrected chi connectivity index (χ3v) is 7.03. The van der Waals surface area contributed by atoms with Crippen LogP contribution in [0.3, 0.4) is 0 Å². The summed E-state index contributed by atoms with van der Waals surface area (Å²) in [6, 6.07) is 7.90. The van der Waals surface area contributed by atoms with E-state index in [0.717, 1.165) is 47.9 Å². The first-order valence-corrected chi connectivity index (χ1v) is 13.7. The summed E-state index contributed by atoms with van der Waals surface area (Å²) in [5.74, 6) is 1.90. The molecule has 1 aliphatic carbocycles. The molecule has 11 nitrogen and oxygen atoms in total. The summed E-state index contributed by atoms with van der Waals surface area (Å²) in [6.45, 7) is 7.49. The normalized spacial score (nSPS) is 17.3. The molecule has 11 heteroatoms. The van der Waals surface area contributed by atoms with Crippen LogP contribution >= 0.6 is 0 Å². The van der Waals surface area contributed by atoms with Crippen molar-refractivity contribution < 1.29 is 14.8 Å². The zero-order chi connectivity index (χ0) is 28.7. The van der Waals surface area contributed by atoms with Crippen molar-refractivity contribution in [2.45, 2.75) is 65.1 Å². The number of nitrogens with zero attached hydrogens (tertiary/aromatic N) is 4. The SMILES string of the molecule is CC(C)(C)Oc1c(CNc2ncc([N+](=O)[O-])c(NCC3CCC(CO)CC3)n2)cccc1-c1cncc(CN)c1. The summed E-state index contributed by atoms with van der Waals surface area (Å²) in [5, 5.41) is 27.4. The second kappa shape index (κ2) is 13.0. The van der Waals surface area contributed by atoms with Crippen LogP contribution in [0.15, 0.2) is 42.9 Å². The topological polar surface area (TPSA) is 161 Å². The number of rotatable bonds is 11. The van der Waals surface area contributed by atoms with E-state index in [9.17, 15) is 15.2 Å². The van der Waals surface area contributed by atoms with Crippen LogP contribution in [0.25, 0.3) is 11.1 Å². The van der Waals surface area contributed by atoms with E-state index in [-0.39, 0.29) is 24.1 Å². The number of para-hydroxylation sites is 1. The van der Waals surface area contributed by atoms with E-state index in [1.807, 2.05) is 45.0 Å². The fourth-order valence-electron chi connectivity index (χ4n) is 4.88. The van der Waals surface area contributed by atoms with E-state index in [2.05, 4.69) is 25.6 Å². The highest BCUT2D eigenvalue weighted by Gasteiger charge is 2.24. The quantitative estimate of drug-likeness (QED) is 0.191. The van der Waals surface area contributed by atoms with Crippen molar-refractivity contribution in [1.82, 2.24) is 15.0 Å². The number of hydrogen-bond acceptors (Lipinski definition) is 10. The van der Waals surface area contributed by atoms with Gasteiger partial charge in [-0.2, -0.15) is 4.98 Å². The van der Waals surface area contributed by atoms with Crippen LogP contribution < -0.4 is 21.1 Å². The Morgan fingerprint density at radius 2 is 1.88 bits per heavy atom. The zero-order valence-electron chi connectivity index (χ0n) is 23.4. The molecule has 0 radical (unpaired) electrons. The largest absolute Gasteiger partial charge is 0.487 e. The Morgan fingerprint density at radius 1 is 1.12 bits per heavy atom. The first kappa shape index (κ1) is 29.2. The molecule has 214 valence electrons. The Bertz CT molecular complexity index is 1300. The molecule has 40 heavy (non-hydrogen) atoms. The number of nitrogens with two attached hydrogens (primary N) is 1. The van der Waals surface area contributed by atoms with Gasteiger partial charge in [-0.1, -0.05) is 18.2 Å². The van der Waals surface area contributed by atoms with Crippen molar-refractivity contribution in [1.29, 1.82) is 0 Å². The van der Waals surface area contributed by atoms with Gasteiger partial charge in [-0.3, -0.25) is 15.1 Å². The monoisotopic (exact) mass is 549 g/mol. The van der Waals surface area contributed by atoms with Crippen LogP contribution in [-0.4, -0.2) is 43.7 Å². The number of anilines is 2. The summed E-state index contributed by atoms with van der Waals surface area (Å²) >= 11 is 0. The number of aliphatic hydroxyl groups is 1. The van der Waals surface area contributed by atoms with Gasteiger partial charge < -0.3 is 26.2 Å². The molecular formula is C29H39N7O4. The van der Waals surface area contributed by atoms with Crippen molar-refractivity contribution in [2.75, 3.05) is 23.8 Å². The maximum absolute atomic E-state index is 11.6. The van der Waals surface area contributed by atoms with Gasteiger partial charge in [-0.15, -0.1) is 0 Å². The Hall–Kier alpha value is -3.83. The van der Waals surface area contributed by atoms with Crippen molar-refractivity contribution >= 4 is 17.5 Å². The summed E-state index contributed by atoms with van der Waals surface area (Å²) in [4.78, 5) is 24.2. The number of nitrogens with one attached hydrogen (secondary N) is 2. The van der Waals surface area contributed by atoms with Gasteiger partial charge in [0.25, 0.3) is 0 Å². The van der Waals surface area contributed by atoms with Crippen LogP contribution in [0, 0.1) is 22.0 Å². The average molecular weight is 550 g/mol. The van der Waals surface area contributed by atoms with E-state index in [1.165, 1.54) is 6.20 Å². The number of ether oxygens (including phenoxy) is 1. The Balaban J connectivity index is 1.55. The zero-order valence-corrected chi connectivity index (χ0v) is 23.4. The maximum Gasteiger partial charge on any atom is 0.329 e. The van der Waals surface area contributed by atoms with E-state index < -0.39 is 10.5 Å². The molecule has 0 saturated heterocycles. The van der Waals surface area contributed by atoms with Gasteiger partial charge in [0.2, 0.25) is 11.8 Å². The standard InChI is InChI=1S/C29H39N7O4/c1-29(2,3)40-26-22(5-4-6-24(26)23-11-21(12-30)13-31-15-23)16-33-28-34-17-25(36(38)39)27(35-28)32-14-19-7-9-20(18-37)10-8-19/h4-6,11,13,15,17,19-20,37H,7-10,12,14,16,18,30H2,1-3H3,(H2,32,33,34,35). The van der Waals surface area contributed by atoms with Crippen molar-refractivity contribution in [3.63, 3.8) is 0 Å². The van der Waals surface area contributed by atoms with E-state index in [0.29, 0.717) is 37.2 Å². The molecule has 1 aromatic carbocycles. The lowest BCUT2D eigenvalue weighted by Crippen LogP contribution is -2.24. The van der Waals surface area contributed by atoms with Gasteiger partial charge in [-0.05, 0) is 69.9 Å². The first-order chi connectivity index (χ1) is 19.2. The van der Waals surface area contributed by atoms with Gasteiger partial charge in [-0.25, -0.2) is 4.98 Å². The third-order valence-electron chi connectivity index (χ3n) is 7.03. The number of aromatic nitrogens is 3. The molecule has 1 aliphatic rings. The molecule has 0 atom stereocenters. The van der Waals surface area contributed by atoms with Gasteiger partial charge in [0.05, 0.1) is 4.92 Å². The minimum Gasteiger partial charge on any atom is -0.487 e. The van der Waals surface area contributed by atoms with E-state index >= 15 is 0 Å². The number of benzene rings is 1. The number of aliphatic hydroxyl groups excluding tert-OH is 1.